The maximum atomic E-state index is 10.7. The summed E-state index contributed by atoms with van der Waals surface area (Å²) >= 11 is 0. The molecule has 0 bridgehead atoms. The van der Waals surface area contributed by atoms with E-state index in [0.717, 1.165) is 0 Å². The number of allylic oxidation sites excluding steroid dienone is 3. The Kier molecular flexibility index (Phi) is 1.66. The Labute approximate surface area is 55.3 Å². The summed E-state index contributed by atoms with van der Waals surface area (Å²) in [6.45, 7) is 0. The third kappa shape index (κ3) is 1.18. The molecule has 0 fully saturated rings. The van der Waals surface area contributed by atoms with Gasteiger partial charge in [0.25, 0.3) is 0 Å². The van der Waals surface area contributed by atoms with E-state index in [0.29, 0.717) is 0 Å². The summed E-state index contributed by atoms with van der Waals surface area (Å²) < 4.78 is 13.2. The third-order valence-electron chi connectivity index (χ3n) is 0.829. The smallest absolute Gasteiger partial charge is 0.160 e. The van der Waals surface area contributed by atoms with E-state index in [4.69, 9.17) is 5.26 Å². The molecule has 9 heavy (non-hydrogen) atoms. The van der Waals surface area contributed by atoms with E-state index >= 15 is 0 Å². The summed E-state index contributed by atoms with van der Waals surface area (Å²) in [5.74, 6) is 0. The van der Waals surface area contributed by atoms with Gasteiger partial charge in [0.05, 0.1) is 0 Å². The minimum Gasteiger partial charge on any atom is -0.307 e. The minimum absolute atomic E-state index is 0.262. The molecule has 3 nitrogen and oxygen atoms in total. The molecule has 0 amide bonds. The molecular formula is C5H4N2OS. The molecule has 0 aromatic rings. The van der Waals surface area contributed by atoms with Gasteiger partial charge in [-0.2, -0.15) is 5.26 Å². The van der Waals surface area contributed by atoms with Crippen molar-refractivity contribution < 1.29 is 4.21 Å². The molecule has 1 heterocycles. The lowest BCUT2D eigenvalue weighted by molar-refractivity contribution is 0.684. The highest BCUT2D eigenvalue weighted by Gasteiger charge is 2.04. The number of hydrogen-bond donors (Lipinski definition) is 1. The highest BCUT2D eigenvalue weighted by molar-refractivity contribution is 7.87. The Morgan fingerprint density at radius 1 is 1.78 bits per heavy atom. The van der Waals surface area contributed by atoms with Gasteiger partial charge >= 0.3 is 0 Å². The zero-order valence-electron chi connectivity index (χ0n) is 4.50. The van der Waals surface area contributed by atoms with Gasteiger partial charge in [-0.05, 0) is 12.2 Å². The largest absolute Gasteiger partial charge is 0.307 e. The van der Waals surface area contributed by atoms with Gasteiger partial charge in [0.1, 0.15) is 11.0 Å². The maximum Gasteiger partial charge on any atom is 0.160 e. The zero-order chi connectivity index (χ0) is 6.69. The highest BCUT2D eigenvalue weighted by Crippen LogP contribution is 2.01. The lowest BCUT2D eigenvalue weighted by Gasteiger charge is -2.00. The molecule has 46 valence electrons. The first-order valence-electron chi connectivity index (χ1n) is 2.29. The molecule has 1 atom stereocenters. The number of nitriles is 1. The van der Waals surface area contributed by atoms with Crippen LogP contribution < -0.4 is 4.72 Å². The molecule has 0 radical (unpaired) electrons. The topological polar surface area (TPSA) is 52.9 Å². The van der Waals surface area contributed by atoms with Crippen LogP contribution in [-0.2, 0) is 11.0 Å². The molecule has 0 saturated carbocycles. The van der Waals surface area contributed by atoms with Gasteiger partial charge in [-0.1, -0.05) is 0 Å². The number of hydrogen-bond acceptors (Lipinski definition) is 2. The van der Waals surface area contributed by atoms with Crippen molar-refractivity contribution in [3.05, 3.63) is 23.3 Å². The molecule has 0 spiro atoms. The van der Waals surface area contributed by atoms with E-state index in [1.807, 2.05) is 0 Å². The van der Waals surface area contributed by atoms with Crippen LogP contribution in [0.3, 0.4) is 0 Å². The summed E-state index contributed by atoms with van der Waals surface area (Å²) in [6.07, 6.45) is 4.70. The summed E-state index contributed by atoms with van der Waals surface area (Å²) in [5, 5.41) is 8.28. The van der Waals surface area contributed by atoms with Gasteiger partial charge in [-0.3, -0.25) is 0 Å². The first-order chi connectivity index (χ1) is 4.34. The van der Waals surface area contributed by atoms with Crippen LogP contribution in [0.15, 0.2) is 23.3 Å². The molecule has 4 heteroatoms. The second-order valence-electron chi connectivity index (χ2n) is 1.39. The molecule has 1 aliphatic heterocycles. The molecule has 0 aromatic heterocycles. The van der Waals surface area contributed by atoms with Crippen molar-refractivity contribution in [3.8, 4) is 6.07 Å². The van der Waals surface area contributed by atoms with Crippen molar-refractivity contribution in [2.45, 2.75) is 0 Å². The van der Waals surface area contributed by atoms with Gasteiger partial charge in [-0.15, -0.1) is 0 Å². The molecular weight excluding hydrogens is 136 g/mol. The Hall–Kier alpha value is -1.08. The summed E-state index contributed by atoms with van der Waals surface area (Å²) in [5.41, 5.74) is 0. The van der Waals surface area contributed by atoms with Crippen LogP contribution in [0.5, 0.6) is 0 Å². The fourth-order valence-corrected chi connectivity index (χ4v) is 1.05. The average molecular weight is 140 g/mol. The first kappa shape index (κ1) is 6.05. The van der Waals surface area contributed by atoms with E-state index in [-0.39, 0.29) is 4.91 Å². The number of rotatable bonds is 0. The van der Waals surface area contributed by atoms with Crippen molar-refractivity contribution in [2.24, 2.45) is 0 Å². The van der Waals surface area contributed by atoms with E-state index in [1.54, 1.807) is 12.1 Å². The summed E-state index contributed by atoms with van der Waals surface area (Å²) in [6, 6.07) is 1.80. The molecule has 1 rings (SSSR count). The SMILES string of the molecule is N#CC1=CC=CNS1=O. The molecule has 0 aromatic carbocycles. The van der Waals surface area contributed by atoms with Crippen LogP contribution in [0.25, 0.3) is 0 Å². The normalized spacial score (nSPS) is 23.9. The fourth-order valence-electron chi connectivity index (χ4n) is 0.441. The van der Waals surface area contributed by atoms with Crippen LogP contribution in [0.2, 0.25) is 0 Å². The Bertz CT molecular complexity index is 236. The second-order valence-corrected chi connectivity index (χ2v) is 2.60. The lowest BCUT2D eigenvalue weighted by atomic mass is 10.5. The van der Waals surface area contributed by atoms with E-state index in [2.05, 4.69) is 4.72 Å². The molecule has 1 unspecified atom stereocenters. The van der Waals surface area contributed by atoms with Crippen LogP contribution in [0.1, 0.15) is 0 Å². The van der Waals surface area contributed by atoms with Crippen molar-refractivity contribution in [3.63, 3.8) is 0 Å². The molecule has 1 N–H and O–H groups in total. The average Bonchev–Trinajstić information content (AvgIpc) is 1.89. The maximum absolute atomic E-state index is 10.7. The van der Waals surface area contributed by atoms with Crippen molar-refractivity contribution >= 4 is 11.0 Å². The van der Waals surface area contributed by atoms with Crippen LogP contribution >= 0.6 is 0 Å². The van der Waals surface area contributed by atoms with E-state index in [9.17, 15) is 4.21 Å². The second kappa shape index (κ2) is 2.46. The van der Waals surface area contributed by atoms with Gasteiger partial charge in [-0.25, -0.2) is 4.21 Å². The third-order valence-corrected chi connectivity index (χ3v) is 1.81. The number of nitrogens with one attached hydrogen (secondary N) is 1. The Balaban J connectivity index is 2.91. The molecule has 1 aliphatic rings. The van der Waals surface area contributed by atoms with Crippen molar-refractivity contribution in [1.82, 2.24) is 4.72 Å². The summed E-state index contributed by atoms with van der Waals surface area (Å²) in [4.78, 5) is 0.262. The monoisotopic (exact) mass is 140 g/mol. The summed E-state index contributed by atoms with van der Waals surface area (Å²) in [7, 11) is -1.31. The minimum atomic E-state index is -1.31. The fraction of sp³-hybridized carbons (Fsp3) is 0. The van der Waals surface area contributed by atoms with Crippen LogP contribution in [0, 0.1) is 11.3 Å². The van der Waals surface area contributed by atoms with E-state index in [1.165, 1.54) is 12.3 Å². The van der Waals surface area contributed by atoms with Gasteiger partial charge in [0.2, 0.25) is 0 Å². The van der Waals surface area contributed by atoms with E-state index < -0.39 is 11.0 Å². The van der Waals surface area contributed by atoms with Crippen molar-refractivity contribution in [2.75, 3.05) is 0 Å². The van der Waals surface area contributed by atoms with Gasteiger partial charge in [0.15, 0.2) is 11.0 Å². The first-order valence-corrected chi connectivity index (χ1v) is 3.44. The van der Waals surface area contributed by atoms with Gasteiger partial charge in [0, 0.05) is 6.20 Å². The Morgan fingerprint density at radius 2 is 2.56 bits per heavy atom. The highest BCUT2D eigenvalue weighted by atomic mass is 32.2. The van der Waals surface area contributed by atoms with Crippen LogP contribution in [0.4, 0.5) is 0 Å². The lowest BCUT2D eigenvalue weighted by Crippen LogP contribution is -2.13. The molecule has 0 saturated heterocycles. The molecule has 0 aliphatic carbocycles. The quantitative estimate of drug-likeness (QED) is 0.521. The Morgan fingerprint density at radius 3 is 3.00 bits per heavy atom. The van der Waals surface area contributed by atoms with Crippen LogP contribution in [-0.4, -0.2) is 4.21 Å². The van der Waals surface area contributed by atoms with Gasteiger partial charge < -0.3 is 4.72 Å². The zero-order valence-corrected chi connectivity index (χ0v) is 5.31. The predicted octanol–water partition coefficient (Wildman–Crippen LogP) is 0.174. The van der Waals surface area contributed by atoms with Crippen molar-refractivity contribution in [1.29, 1.82) is 5.26 Å². The standard InChI is InChI=1S/C5H4N2OS/c6-4-5-2-1-3-7-9(5)8/h1-3,7H. The number of nitrogens with zero attached hydrogens (tertiary/aromatic N) is 1. The predicted molar refractivity (Wildman–Crippen MR) is 34.1 cm³/mol.